The number of rotatable bonds is 58. The Morgan fingerprint density at radius 3 is 0.678 bits per heavy atom. The summed E-state index contributed by atoms with van der Waals surface area (Å²) in [4.78, 5) is 0. The van der Waals surface area contributed by atoms with Gasteiger partial charge in [-0.3, -0.25) is 18.1 Å². The van der Waals surface area contributed by atoms with Gasteiger partial charge in [-0.15, -0.1) is 0 Å². The van der Waals surface area contributed by atoms with Gasteiger partial charge in [0.15, 0.2) is 0 Å². The number of unbranched alkanes of at least 4 members (excludes halogenated alkanes) is 28. The van der Waals surface area contributed by atoms with E-state index in [-0.39, 0.29) is 28.7 Å². The summed E-state index contributed by atoms with van der Waals surface area (Å²) in [6, 6.07) is 38.8. The van der Waals surface area contributed by atoms with Crippen LogP contribution in [0.1, 0.15) is 247 Å². The van der Waals surface area contributed by atoms with Crippen molar-refractivity contribution in [2.75, 3.05) is 39.6 Å². The SMILES string of the molecule is CCCCCCCCCCOP(OCC(C)OP(OCCCCCCCCCC)Oc1ccccc1)Oc1ccccc1.CCCCCCCCCCOP(OCC(C)OP(OCCCCCCCCCC)Oc1ccccc1)Oc1ccccc1.[Ni]. The van der Waals surface area contributed by atoms with Crippen LogP contribution in [0.3, 0.4) is 0 Å². The van der Waals surface area contributed by atoms with Crippen LogP contribution in [0.25, 0.3) is 0 Å². The van der Waals surface area contributed by atoms with Crippen molar-refractivity contribution in [1.29, 1.82) is 0 Å². The topological polar surface area (TPSA) is 111 Å². The van der Waals surface area contributed by atoms with E-state index >= 15 is 0 Å². The van der Waals surface area contributed by atoms with E-state index in [0.717, 1.165) is 74.4 Å². The van der Waals surface area contributed by atoms with E-state index in [1.54, 1.807) is 0 Å². The Bertz CT molecular complexity index is 1870. The van der Waals surface area contributed by atoms with Crippen molar-refractivity contribution in [1.82, 2.24) is 0 Å². The van der Waals surface area contributed by atoms with Gasteiger partial charge in [-0.05, 0) is 88.1 Å². The van der Waals surface area contributed by atoms with Crippen molar-refractivity contribution in [3.63, 3.8) is 0 Å². The van der Waals surface area contributed by atoms with Gasteiger partial charge < -0.3 is 36.2 Å². The first-order valence-corrected chi connectivity index (χ1v) is 38.0. The number of hydrogen-bond donors (Lipinski definition) is 0. The fourth-order valence-corrected chi connectivity index (χ4v) is 13.1. The molecule has 0 N–H and O–H groups in total. The van der Waals surface area contributed by atoms with Gasteiger partial charge in [0.2, 0.25) is 0 Å². The Morgan fingerprint density at radius 2 is 0.448 bits per heavy atom. The molecule has 17 heteroatoms. The molecule has 0 aromatic heterocycles. The first-order valence-electron chi connectivity index (χ1n) is 33.7. The Hall–Kier alpha value is -2.03. The fraction of sp³-hybridized carbons (Fsp3) is 0.657. The third-order valence-corrected chi connectivity index (χ3v) is 18.6. The summed E-state index contributed by atoms with van der Waals surface area (Å²) in [6.45, 7) is 16.1. The maximum atomic E-state index is 6.22. The molecule has 0 saturated heterocycles. The van der Waals surface area contributed by atoms with Crippen LogP contribution in [0.4, 0.5) is 0 Å². The van der Waals surface area contributed by atoms with Gasteiger partial charge in [0, 0.05) is 16.5 Å². The molecule has 0 aliphatic heterocycles. The van der Waals surface area contributed by atoms with Crippen molar-refractivity contribution in [3.8, 4) is 23.0 Å². The second-order valence-corrected chi connectivity index (χ2v) is 26.7. The van der Waals surface area contributed by atoms with Gasteiger partial charge in [0.05, 0.1) is 51.8 Å². The van der Waals surface area contributed by atoms with Crippen LogP contribution < -0.4 is 18.1 Å². The average Bonchev–Trinajstić information content (AvgIpc) is 3.61. The zero-order chi connectivity index (χ0) is 61.3. The summed E-state index contributed by atoms with van der Waals surface area (Å²) in [6.07, 6.45) is 39.6. The molecule has 0 saturated carbocycles. The summed E-state index contributed by atoms with van der Waals surface area (Å²) < 4.78 is 73.4. The molecule has 0 radical (unpaired) electrons. The van der Waals surface area contributed by atoms with E-state index < -0.39 is 34.4 Å². The molecule has 4 aromatic rings. The molecule has 498 valence electrons. The Morgan fingerprint density at radius 1 is 0.253 bits per heavy atom. The zero-order valence-electron chi connectivity index (χ0n) is 54.6. The molecule has 0 fully saturated rings. The van der Waals surface area contributed by atoms with E-state index in [0.29, 0.717) is 39.6 Å². The minimum Gasteiger partial charge on any atom is -0.427 e. The van der Waals surface area contributed by atoms with E-state index in [1.165, 1.54) is 154 Å². The van der Waals surface area contributed by atoms with Gasteiger partial charge in [-0.1, -0.05) is 280 Å². The molecule has 0 heterocycles. The molecule has 0 aliphatic carbocycles. The van der Waals surface area contributed by atoms with Crippen molar-refractivity contribution >= 4 is 34.4 Å². The molecule has 0 bridgehead atoms. The van der Waals surface area contributed by atoms with Gasteiger partial charge >= 0.3 is 34.4 Å². The van der Waals surface area contributed by atoms with Crippen LogP contribution in [0.2, 0.25) is 0 Å². The number of benzene rings is 4. The van der Waals surface area contributed by atoms with Crippen molar-refractivity contribution in [2.24, 2.45) is 0 Å². The van der Waals surface area contributed by atoms with E-state index in [1.807, 2.05) is 135 Å². The standard InChI is InChI=1S/2C35H58O6P2.Ni/c2*1-4-6-8-10-12-14-16-24-30-36-42(40-34-26-20-18-21-27-34)38-32-33(3)39-43(41-35-28-22-19-23-29-35)37-31-25-17-15-13-11-9-7-5-2;/h2*18-23,26-29,33H,4-17,24-25,30-32H2,1-3H3;. The summed E-state index contributed by atoms with van der Waals surface area (Å²) in [7, 11) is -6.24. The predicted molar refractivity (Wildman–Crippen MR) is 363 cm³/mol. The van der Waals surface area contributed by atoms with Crippen LogP contribution in [0, 0.1) is 0 Å². The minimum absolute atomic E-state index is 0. The largest absolute Gasteiger partial charge is 0.427 e. The summed E-state index contributed by atoms with van der Waals surface area (Å²) in [5.74, 6) is 2.95. The van der Waals surface area contributed by atoms with E-state index in [2.05, 4.69) is 27.7 Å². The first-order chi connectivity index (χ1) is 42.4. The smallest absolute Gasteiger partial charge is 0.397 e. The predicted octanol–water partition coefficient (Wildman–Crippen LogP) is 24.7. The van der Waals surface area contributed by atoms with Crippen molar-refractivity contribution < 1.29 is 70.8 Å². The fourth-order valence-electron chi connectivity index (χ4n) is 8.79. The average molecular weight is 1330 g/mol. The number of hydrogen-bond acceptors (Lipinski definition) is 12. The molecule has 6 unspecified atom stereocenters. The summed E-state index contributed by atoms with van der Waals surface area (Å²) in [5.41, 5.74) is 0. The molecule has 12 nitrogen and oxygen atoms in total. The van der Waals surface area contributed by atoms with E-state index in [9.17, 15) is 0 Å². The Labute approximate surface area is 545 Å². The monoisotopic (exact) mass is 1330 g/mol. The third kappa shape index (κ3) is 48.4. The number of para-hydroxylation sites is 4. The van der Waals surface area contributed by atoms with Crippen LogP contribution >= 0.6 is 34.4 Å². The second kappa shape index (κ2) is 60.2. The van der Waals surface area contributed by atoms with Gasteiger partial charge in [-0.25, -0.2) is 0 Å². The maximum Gasteiger partial charge on any atom is 0.397 e. The molecule has 4 rings (SSSR count). The molecule has 4 aromatic carbocycles. The van der Waals surface area contributed by atoms with Crippen molar-refractivity contribution in [2.45, 2.75) is 259 Å². The molecular weight excluding hydrogens is 1220 g/mol. The molecule has 0 aliphatic rings. The van der Waals surface area contributed by atoms with Crippen molar-refractivity contribution in [3.05, 3.63) is 121 Å². The van der Waals surface area contributed by atoms with E-state index in [4.69, 9.17) is 54.3 Å². The summed E-state index contributed by atoms with van der Waals surface area (Å²) in [5, 5.41) is 0. The molecule has 0 spiro atoms. The van der Waals surface area contributed by atoms with Gasteiger partial charge in [0.25, 0.3) is 0 Å². The quantitative estimate of drug-likeness (QED) is 0.0238. The summed E-state index contributed by atoms with van der Waals surface area (Å²) >= 11 is 0. The van der Waals surface area contributed by atoms with Crippen LogP contribution in [0.5, 0.6) is 23.0 Å². The molecule has 87 heavy (non-hydrogen) atoms. The maximum absolute atomic E-state index is 6.22. The zero-order valence-corrected chi connectivity index (χ0v) is 59.1. The van der Waals surface area contributed by atoms with Gasteiger partial charge in [-0.2, -0.15) is 0 Å². The minimum atomic E-state index is -1.57. The Balaban J connectivity index is 0.000000587. The normalized spacial score (nSPS) is 13.3. The Kier molecular flexibility index (Phi) is 56.1. The first kappa shape index (κ1) is 81.1. The van der Waals surface area contributed by atoms with Crippen LogP contribution in [-0.4, -0.2) is 51.8 Å². The van der Waals surface area contributed by atoms with Gasteiger partial charge in [0.1, 0.15) is 23.0 Å². The second-order valence-electron chi connectivity index (χ2n) is 22.2. The molecule has 0 amide bonds. The van der Waals surface area contributed by atoms with Crippen LogP contribution in [-0.2, 0) is 52.7 Å². The van der Waals surface area contributed by atoms with Crippen LogP contribution in [0.15, 0.2) is 121 Å². The molecule has 6 atom stereocenters. The third-order valence-electron chi connectivity index (χ3n) is 13.8. The molecular formula is C70H116NiO12P4.